The molecule has 0 fully saturated rings. The lowest BCUT2D eigenvalue weighted by Crippen LogP contribution is -2.74. The fourth-order valence-corrected chi connectivity index (χ4v) is 4.12. The smallest absolute Gasteiger partial charge is 0.108 e. The maximum Gasteiger partial charge on any atom is 0.108 e. The Morgan fingerprint density at radius 2 is 0.500 bits per heavy atom. The molecule has 2 heteroatoms. The van der Waals surface area contributed by atoms with E-state index in [1.807, 2.05) is 0 Å². The van der Waals surface area contributed by atoms with E-state index >= 15 is 0 Å². The molecule has 0 heterocycles. The first kappa shape index (κ1) is 18.5. The highest BCUT2D eigenvalue weighted by molar-refractivity contribution is 14.0. The molecular formula is C24H21BI-. The monoisotopic (exact) mass is 447 g/mol. The quantitative estimate of drug-likeness (QED) is 0.331. The van der Waals surface area contributed by atoms with Crippen molar-refractivity contribution in [2.24, 2.45) is 0 Å². The molecule has 0 bridgehead atoms. The van der Waals surface area contributed by atoms with E-state index in [0.29, 0.717) is 0 Å². The van der Waals surface area contributed by atoms with Gasteiger partial charge in [0.25, 0.3) is 0 Å². The Bertz CT molecular complexity index is 759. The predicted molar refractivity (Wildman–Crippen MR) is 125 cm³/mol. The average Bonchev–Trinajstić information content (AvgIpc) is 2.72. The largest absolute Gasteiger partial charge is 0.195 e. The van der Waals surface area contributed by atoms with Crippen molar-refractivity contribution >= 4 is 52.0 Å². The summed E-state index contributed by atoms with van der Waals surface area (Å²) in [4.78, 5) is 0. The van der Waals surface area contributed by atoms with Crippen LogP contribution in [0.5, 0.6) is 0 Å². The van der Waals surface area contributed by atoms with Crippen molar-refractivity contribution in [2.75, 3.05) is 0 Å². The Labute approximate surface area is 172 Å². The zero-order chi connectivity index (χ0) is 17.0. The number of halogens is 1. The third kappa shape index (κ3) is 3.22. The molecule has 4 aromatic rings. The van der Waals surface area contributed by atoms with Crippen LogP contribution in [0.25, 0.3) is 0 Å². The summed E-state index contributed by atoms with van der Waals surface area (Å²) in [5.74, 6) is 0. The second-order valence-electron chi connectivity index (χ2n) is 6.51. The first-order chi connectivity index (χ1) is 12.4. The number of rotatable bonds is 4. The van der Waals surface area contributed by atoms with E-state index in [-0.39, 0.29) is 24.0 Å². The van der Waals surface area contributed by atoms with E-state index in [4.69, 9.17) is 0 Å². The molecule has 0 aromatic heterocycles. The van der Waals surface area contributed by atoms with Gasteiger partial charge in [-0.3, -0.25) is 0 Å². The van der Waals surface area contributed by atoms with Crippen molar-refractivity contribution < 1.29 is 0 Å². The number of hydrogen-bond donors (Lipinski definition) is 0. The van der Waals surface area contributed by atoms with Crippen LogP contribution in [-0.2, 0) is 0 Å². The van der Waals surface area contributed by atoms with Gasteiger partial charge in [-0.05, 0) is 0 Å². The maximum atomic E-state index is 2.26. The van der Waals surface area contributed by atoms with E-state index in [2.05, 4.69) is 121 Å². The average molecular weight is 447 g/mol. The van der Waals surface area contributed by atoms with Gasteiger partial charge in [-0.2, -0.15) is 21.9 Å². The minimum atomic E-state index is -1.22. The minimum Gasteiger partial charge on any atom is -0.195 e. The molecule has 0 atom stereocenters. The SMILES string of the molecule is I.c1ccc([B-](c2ccccc2)(c2ccccc2)c2ccccc2)cc1. The van der Waals surface area contributed by atoms with Crippen molar-refractivity contribution in [2.45, 2.75) is 0 Å². The molecule has 0 aliphatic heterocycles. The van der Waals surface area contributed by atoms with Crippen molar-refractivity contribution in [3.05, 3.63) is 121 Å². The molecule has 0 radical (unpaired) electrons. The van der Waals surface area contributed by atoms with Gasteiger partial charge in [-0.25, -0.2) is 0 Å². The molecule has 0 nitrogen and oxygen atoms in total. The fraction of sp³-hybridized carbons (Fsp3) is 0. The molecule has 4 aromatic carbocycles. The van der Waals surface area contributed by atoms with E-state index in [0.717, 1.165) is 0 Å². The Kier molecular flexibility index (Phi) is 5.94. The van der Waals surface area contributed by atoms with Crippen LogP contribution in [-0.4, -0.2) is 6.15 Å². The summed E-state index contributed by atoms with van der Waals surface area (Å²) in [6, 6.07) is 43.5. The van der Waals surface area contributed by atoms with Crippen molar-refractivity contribution in [3.63, 3.8) is 0 Å². The second-order valence-corrected chi connectivity index (χ2v) is 6.51. The standard InChI is InChI=1S/C24H20B.HI/c1-5-13-21(14-6-1)25(22-15-7-2-8-16-22,23-17-9-3-10-18-23)24-19-11-4-12-20-24;/h1-20H;1H/q-1;. The van der Waals surface area contributed by atoms with Gasteiger partial charge in [0.15, 0.2) is 0 Å². The lowest BCUT2D eigenvalue weighted by Gasteiger charge is -2.44. The highest BCUT2D eigenvalue weighted by Crippen LogP contribution is 2.09. The van der Waals surface area contributed by atoms with Gasteiger partial charge in [0, 0.05) is 0 Å². The van der Waals surface area contributed by atoms with Crippen molar-refractivity contribution in [1.29, 1.82) is 0 Å². The Hall–Kier alpha value is -2.33. The third-order valence-corrected chi connectivity index (χ3v) is 5.20. The van der Waals surface area contributed by atoms with Crippen LogP contribution in [0.1, 0.15) is 0 Å². The van der Waals surface area contributed by atoms with Crippen LogP contribution in [0.4, 0.5) is 0 Å². The lowest BCUT2D eigenvalue weighted by atomic mass is 9.13. The molecular weight excluding hydrogens is 426 g/mol. The molecule has 0 aliphatic rings. The zero-order valence-electron chi connectivity index (χ0n) is 14.5. The van der Waals surface area contributed by atoms with Gasteiger partial charge < -0.3 is 0 Å². The Morgan fingerprint density at radius 1 is 0.308 bits per heavy atom. The van der Waals surface area contributed by atoms with Gasteiger partial charge in [-0.15, -0.1) is 24.0 Å². The molecule has 0 aliphatic carbocycles. The van der Waals surface area contributed by atoms with E-state index < -0.39 is 6.15 Å². The summed E-state index contributed by atoms with van der Waals surface area (Å²) < 4.78 is 0. The fourth-order valence-electron chi connectivity index (χ4n) is 4.12. The summed E-state index contributed by atoms with van der Waals surface area (Å²) in [7, 11) is 0. The number of hydrogen-bond acceptors (Lipinski definition) is 0. The molecule has 26 heavy (non-hydrogen) atoms. The predicted octanol–water partition coefficient (Wildman–Crippen LogP) is 3.68. The summed E-state index contributed by atoms with van der Waals surface area (Å²) in [6.07, 6.45) is -1.22. The van der Waals surface area contributed by atoms with Crippen molar-refractivity contribution in [1.82, 2.24) is 0 Å². The lowest BCUT2D eigenvalue weighted by molar-refractivity contribution is 1.66. The first-order valence-electron chi connectivity index (χ1n) is 8.80. The van der Waals surface area contributed by atoms with Crippen LogP contribution in [0.3, 0.4) is 0 Å². The second kappa shape index (κ2) is 8.37. The molecule has 128 valence electrons. The molecule has 4 rings (SSSR count). The van der Waals surface area contributed by atoms with Gasteiger partial charge in [-0.1, -0.05) is 121 Å². The third-order valence-electron chi connectivity index (χ3n) is 5.20. The summed E-state index contributed by atoms with van der Waals surface area (Å²) in [5.41, 5.74) is 5.36. The molecule has 0 saturated heterocycles. The zero-order valence-corrected chi connectivity index (χ0v) is 16.9. The van der Waals surface area contributed by atoms with E-state index in [1.54, 1.807) is 0 Å². The van der Waals surface area contributed by atoms with Gasteiger partial charge in [0.2, 0.25) is 0 Å². The minimum absolute atomic E-state index is 0. The first-order valence-corrected chi connectivity index (χ1v) is 8.80. The van der Waals surface area contributed by atoms with Crippen LogP contribution < -0.4 is 21.9 Å². The molecule has 0 amide bonds. The van der Waals surface area contributed by atoms with Gasteiger partial charge in [0.05, 0.1) is 0 Å². The maximum absolute atomic E-state index is 2.26. The van der Waals surface area contributed by atoms with Crippen molar-refractivity contribution in [3.8, 4) is 0 Å². The highest BCUT2D eigenvalue weighted by atomic mass is 127. The highest BCUT2D eigenvalue weighted by Gasteiger charge is 2.30. The summed E-state index contributed by atoms with van der Waals surface area (Å²) in [5, 5.41) is 0. The Morgan fingerprint density at radius 3 is 0.692 bits per heavy atom. The van der Waals surface area contributed by atoms with Gasteiger partial charge >= 0.3 is 0 Å². The molecule has 0 unspecified atom stereocenters. The van der Waals surface area contributed by atoms with Crippen LogP contribution >= 0.6 is 24.0 Å². The van der Waals surface area contributed by atoms with E-state index in [1.165, 1.54) is 21.9 Å². The van der Waals surface area contributed by atoms with Gasteiger partial charge in [0.1, 0.15) is 6.15 Å². The summed E-state index contributed by atoms with van der Waals surface area (Å²) in [6.45, 7) is 0. The van der Waals surface area contributed by atoms with Crippen LogP contribution in [0, 0.1) is 0 Å². The van der Waals surface area contributed by atoms with E-state index in [9.17, 15) is 0 Å². The topological polar surface area (TPSA) is 0 Å². The normalized spacial score (nSPS) is 10.8. The van der Waals surface area contributed by atoms with Crippen LogP contribution in [0.2, 0.25) is 0 Å². The molecule has 0 spiro atoms. The van der Waals surface area contributed by atoms with Crippen LogP contribution in [0.15, 0.2) is 121 Å². The summed E-state index contributed by atoms with van der Waals surface area (Å²) >= 11 is 0. The molecule has 0 N–H and O–H groups in total. The molecule has 0 saturated carbocycles. The Balaban J connectivity index is 0.00000196. The number of benzene rings is 4.